The highest BCUT2D eigenvalue weighted by molar-refractivity contribution is 5.71. The molecular formula is C75H142O6. The Bertz CT molecular complexity index is 1310. The lowest BCUT2D eigenvalue weighted by Crippen LogP contribution is -2.30. The zero-order chi connectivity index (χ0) is 58.5. The summed E-state index contributed by atoms with van der Waals surface area (Å²) >= 11 is 0. The Morgan fingerprint density at radius 1 is 0.247 bits per heavy atom. The lowest BCUT2D eigenvalue weighted by molar-refractivity contribution is -0.167. The van der Waals surface area contributed by atoms with Gasteiger partial charge in [-0.1, -0.05) is 373 Å². The van der Waals surface area contributed by atoms with Crippen molar-refractivity contribution in [3.63, 3.8) is 0 Å². The van der Waals surface area contributed by atoms with E-state index in [1.807, 2.05) is 0 Å². The first-order valence-electron chi connectivity index (χ1n) is 36.8. The van der Waals surface area contributed by atoms with E-state index in [0.717, 1.165) is 64.2 Å². The molecule has 0 saturated carbocycles. The molecule has 81 heavy (non-hydrogen) atoms. The summed E-state index contributed by atoms with van der Waals surface area (Å²) in [5.41, 5.74) is 0. The van der Waals surface area contributed by atoms with Crippen LogP contribution in [0.2, 0.25) is 0 Å². The summed E-state index contributed by atoms with van der Waals surface area (Å²) in [5, 5.41) is 0. The van der Waals surface area contributed by atoms with Crippen LogP contribution in [0.5, 0.6) is 0 Å². The van der Waals surface area contributed by atoms with E-state index in [-0.39, 0.29) is 31.1 Å². The van der Waals surface area contributed by atoms with Gasteiger partial charge in [0.2, 0.25) is 0 Å². The van der Waals surface area contributed by atoms with E-state index in [1.165, 1.54) is 315 Å². The molecule has 0 aromatic heterocycles. The predicted molar refractivity (Wildman–Crippen MR) is 353 cm³/mol. The summed E-state index contributed by atoms with van der Waals surface area (Å²) in [6.07, 6.45) is 86.5. The van der Waals surface area contributed by atoms with Gasteiger partial charge in [0.05, 0.1) is 0 Å². The van der Waals surface area contributed by atoms with Crippen LogP contribution in [0.1, 0.15) is 419 Å². The molecule has 6 heteroatoms. The van der Waals surface area contributed by atoms with E-state index in [1.54, 1.807) is 0 Å². The van der Waals surface area contributed by atoms with Crippen LogP contribution in [-0.2, 0) is 28.6 Å². The first kappa shape index (κ1) is 78.9. The number of esters is 3. The van der Waals surface area contributed by atoms with Gasteiger partial charge in [0.1, 0.15) is 13.2 Å². The Morgan fingerprint density at radius 2 is 0.444 bits per heavy atom. The fraction of sp³-hybridized carbons (Fsp3) is 0.907. The minimum Gasteiger partial charge on any atom is -0.462 e. The summed E-state index contributed by atoms with van der Waals surface area (Å²) in [5.74, 6) is -0.831. The van der Waals surface area contributed by atoms with Crippen molar-refractivity contribution in [1.29, 1.82) is 0 Å². The number of hydrogen-bond donors (Lipinski definition) is 0. The molecule has 0 rings (SSSR count). The maximum atomic E-state index is 13.0. The van der Waals surface area contributed by atoms with Gasteiger partial charge in [-0.3, -0.25) is 14.4 Å². The highest BCUT2D eigenvalue weighted by Gasteiger charge is 2.20. The summed E-state index contributed by atoms with van der Waals surface area (Å²) in [4.78, 5) is 38.4. The van der Waals surface area contributed by atoms with Gasteiger partial charge in [0, 0.05) is 19.3 Å². The number of rotatable bonds is 69. The van der Waals surface area contributed by atoms with Crippen molar-refractivity contribution >= 4 is 17.9 Å². The van der Waals surface area contributed by atoms with Gasteiger partial charge in [-0.25, -0.2) is 0 Å². The number of unbranched alkanes of at least 4 members (excludes halogenated alkanes) is 54. The first-order chi connectivity index (χ1) is 40.0. The van der Waals surface area contributed by atoms with Crippen LogP contribution in [0.3, 0.4) is 0 Å². The standard InChI is InChI=1S/C75H142O6/c1-4-7-10-13-16-19-22-25-27-29-31-33-35-37-39-40-42-44-46-48-50-53-56-59-62-65-68-74(77)80-71-72(70-79-73(76)67-64-61-58-55-52-24-21-18-15-12-9-6-3)81-75(78)69-66-63-60-57-54-51-49-47-45-43-41-38-36-34-32-30-28-26-23-20-17-14-11-8-5-2/h23,26,30,32,72H,4-22,24-25,27-29,31,33-71H2,1-3H3/b26-23-,32-30-. The molecule has 6 nitrogen and oxygen atoms in total. The quantitative estimate of drug-likeness (QED) is 0.0261. The number of carbonyl (C=O) groups excluding carboxylic acids is 3. The van der Waals surface area contributed by atoms with Crippen molar-refractivity contribution in [2.24, 2.45) is 0 Å². The summed E-state index contributed by atoms with van der Waals surface area (Å²) in [6, 6.07) is 0. The molecule has 478 valence electrons. The van der Waals surface area contributed by atoms with Crippen molar-refractivity contribution in [1.82, 2.24) is 0 Å². The fourth-order valence-electron chi connectivity index (χ4n) is 11.4. The first-order valence-corrected chi connectivity index (χ1v) is 36.8. The molecular weight excluding hydrogens is 997 g/mol. The minimum absolute atomic E-state index is 0.0643. The van der Waals surface area contributed by atoms with E-state index < -0.39 is 6.10 Å². The topological polar surface area (TPSA) is 78.9 Å². The summed E-state index contributed by atoms with van der Waals surface area (Å²) in [6.45, 7) is 6.71. The monoisotopic (exact) mass is 1140 g/mol. The zero-order valence-corrected chi connectivity index (χ0v) is 55.1. The van der Waals surface area contributed by atoms with Gasteiger partial charge in [0.25, 0.3) is 0 Å². The van der Waals surface area contributed by atoms with Crippen molar-refractivity contribution in [2.75, 3.05) is 13.2 Å². The van der Waals surface area contributed by atoms with Crippen molar-refractivity contribution in [3.8, 4) is 0 Å². The van der Waals surface area contributed by atoms with Gasteiger partial charge in [-0.2, -0.15) is 0 Å². The van der Waals surface area contributed by atoms with Crippen LogP contribution in [-0.4, -0.2) is 37.2 Å². The second-order valence-electron chi connectivity index (χ2n) is 25.2. The molecule has 0 spiro atoms. The van der Waals surface area contributed by atoms with Crippen LogP contribution in [0.15, 0.2) is 24.3 Å². The Balaban J connectivity index is 4.17. The molecule has 0 aliphatic carbocycles. The highest BCUT2D eigenvalue weighted by Crippen LogP contribution is 2.19. The third-order valence-electron chi connectivity index (χ3n) is 17.0. The average Bonchev–Trinajstić information content (AvgIpc) is 3.47. The summed E-state index contributed by atoms with van der Waals surface area (Å²) in [7, 11) is 0. The fourth-order valence-corrected chi connectivity index (χ4v) is 11.4. The molecule has 0 fully saturated rings. The SMILES string of the molecule is CCCCCCC/C=C\C/C=C\CCCCCCCCCCCCCCCC(=O)OC(COC(=O)CCCCCCCCCCCCCC)COC(=O)CCCCCCCCCCCCCCCCCCCCCCCCCCCC. The number of hydrogen-bond acceptors (Lipinski definition) is 6. The Kier molecular flexibility index (Phi) is 68.5. The van der Waals surface area contributed by atoms with Crippen LogP contribution >= 0.6 is 0 Å². The largest absolute Gasteiger partial charge is 0.462 e. The molecule has 0 aliphatic rings. The van der Waals surface area contributed by atoms with Gasteiger partial charge in [0.15, 0.2) is 6.10 Å². The Morgan fingerprint density at radius 3 is 0.679 bits per heavy atom. The van der Waals surface area contributed by atoms with Crippen molar-refractivity contribution in [3.05, 3.63) is 24.3 Å². The van der Waals surface area contributed by atoms with Crippen LogP contribution in [0.4, 0.5) is 0 Å². The smallest absolute Gasteiger partial charge is 0.306 e. The average molecular weight is 1140 g/mol. The molecule has 1 unspecified atom stereocenters. The molecule has 0 N–H and O–H groups in total. The van der Waals surface area contributed by atoms with E-state index >= 15 is 0 Å². The lowest BCUT2D eigenvalue weighted by atomic mass is 10.0. The minimum atomic E-state index is -0.768. The Labute approximate surface area is 506 Å². The molecule has 0 aliphatic heterocycles. The van der Waals surface area contributed by atoms with Gasteiger partial charge in [-0.15, -0.1) is 0 Å². The second-order valence-corrected chi connectivity index (χ2v) is 25.2. The maximum Gasteiger partial charge on any atom is 0.306 e. The van der Waals surface area contributed by atoms with Gasteiger partial charge < -0.3 is 14.2 Å². The molecule has 1 atom stereocenters. The van der Waals surface area contributed by atoms with Crippen LogP contribution in [0, 0.1) is 0 Å². The lowest BCUT2D eigenvalue weighted by Gasteiger charge is -2.18. The summed E-state index contributed by atoms with van der Waals surface area (Å²) < 4.78 is 17.0. The number of allylic oxidation sites excluding steroid dienone is 4. The third kappa shape index (κ3) is 68.6. The molecule has 0 aromatic carbocycles. The number of ether oxygens (including phenoxy) is 3. The van der Waals surface area contributed by atoms with Crippen LogP contribution < -0.4 is 0 Å². The number of carbonyl (C=O) groups is 3. The predicted octanol–water partition coefficient (Wildman–Crippen LogP) is 25.3. The van der Waals surface area contributed by atoms with Gasteiger partial charge >= 0.3 is 17.9 Å². The molecule has 0 bridgehead atoms. The van der Waals surface area contributed by atoms with Crippen LogP contribution in [0.25, 0.3) is 0 Å². The third-order valence-corrected chi connectivity index (χ3v) is 17.0. The van der Waals surface area contributed by atoms with Crippen molar-refractivity contribution < 1.29 is 28.6 Å². The van der Waals surface area contributed by atoms with E-state index in [4.69, 9.17) is 14.2 Å². The van der Waals surface area contributed by atoms with E-state index in [9.17, 15) is 14.4 Å². The highest BCUT2D eigenvalue weighted by atomic mass is 16.6. The molecule has 0 saturated heterocycles. The molecule has 0 heterocycles. The Hall–Kier alpha value is -2.11. The maximum absolute atomic E-state index is 13.0. The zero-order valence-electron chi connectivity index (χ0n) is 55.1. The van der Waals surface area contributed by atoms with E-state index in [0.29, 0.717) is 19.3 Å². The molecule has 0 amide bonds. The van der Waals surface area contributed by atoms with E-state index in [2.05, 4.69) is 45.1 Å². The van der Waals surface area contributed by atoms with Crippen molar-refractivity contribution in [2.45, 2.75) is 425 Å². The molecule has 0 aromatic rings. The second kappa shape index (κ2) is 70.4. The van der Waals surface area contributed by atoms with Gasteiger partial charge in [-0.05, 0) is 51.4 Å². The normalized spacial score (nSPS) is 12.1. The molecule has 0 radical (unpaired) electrons.